The molecule has 8 heteroatoms. The summed E-state index contributed by atoms with van der Waals surface area (Å²) in [5.74, 6) is -2.76. The number of esters is 1. The number of β-lactam (4-membered cyclic amide) rings is 1. The number of hydrogen-bond donors (Lipinski definition) is 2. The van der Waals surface area contributed by atoms with Crippen LogP contribution in [0.1, 0.15) is 20.8 Å². The second-order valence-electron chi connectivity index (χ2n) is 5.40. The summed E-state index contributed by atoms with van der Waals surface area (Å²) < 4.78 is 4.21. The quantitative estimate of drug-likeness (QED) is 0.539. The van der Waals surface area contributed by atoms with Gasteiger partial charge >= 0.3 is 11.9 Å². The van der Waals surface area contributed by atoms with Crippen LogP contribution in [0.4, 0.5) is 0 Å². The molecule has 2 rings (SSSR count). The van der Waals surface area contributed by atoms with Crippen LogP contribution in [0.15, 0.2) is 0 Å². The van der Waals surface area contributed by atoms with E-state index in [2.05, 4.69) is 0 Å². The van der Waals surface area contributed by atoms with Gasteiger partial charge in [-0.3, -0.25) is 9.59 Å². The van der Waals surface area contributed by atoms with E-state index in [0.717, 1.165) is 0 Å². The van der Waals surface area contributed by atoms with Crippen LogP contribution >= 0.6 is 11.8 Å². The first kappa shape index (κ1) is 15.1. The topological polar surface area (TPSA) is 110 Å². The summed E-state index contributed by atoms with van der Waals surface area (Å²) in [6.07, 6.45) is 0. The number of carbonyl (C=O) groups excluding carboxylic acids is 2. The summed E-state index contributed by atoms with van der Waals surface area (Å²) in [5, 5.41) is 8.90. The molecule has 7 nitrogen and oxygen atoms in total. The second kappa shape index (κ2) is 4.92. The van der Waals surface area contributed by atoms with Gasteiger partial charge in [0, 0.05) is 4.75 Å². The third-order valence-corrected chi connectivity index (χ3v) is 5.25. The van der Waals surface area contributed by atoms with Gasteiger partial charge in [0.05, 0.1) is 17.9 Å². The van der Waals surface area contributed by atoms with Crippen LogP contribution in [-0.4, -0.2) is 56.7 Å². The Balaban J connectivity index is 2.18. The lowest BCUT2D eigenvalue weighted by Crippen LogP contribution is -2.68. The number of aliphatic carboxylic acids is 1. The molecule has 2 saturated heterocycles. The third-order valence-electron chi connectivity index (χ3n) is 3.66. The van der Waals surface area contributed by atoms with Gasteiger partial charge in [-0.25, -0.2) is 4.79 Å². The van der Waals surface area contributed by atoms with Crippen molar-refractivity contribution in [1.29, 1.82) is 0 Å². The molecule has 0 spiro atoms. The number of rotatable bonds is 4. The van der Waals surface area contributed by atoms with Crippen LogP contribution in [0.25, 0.3) is 0 Å². The van der Waals surface area contributed by atoms with Crippen molar-refractivity contribution >= 4 is 29.6 Å². The molecule has 2 aliphatic rings. The molecule has 0 aromatic carbocycles. The largest absolute Gasteiger partial charge is 0.480 e. The molecule has 1 amide bonds. The van der Waals surface area contributed by atoms with Gasteiger partial charge in [-0.05, 0) is 20.8 Å². The number of carbonyl (C=O) groups is 3. The maximum Gasteiger partial charge on any atom is 0.327 e. The van der Waals surface area contributed by atoms with Crippen molar-refractivity contribution in [3.05, 3.63) is 0 Å². The van der Waals surface area contributed by atoms with Crippen molar-refractivity contribution in [3.8, 4) is 0 Å². The van der Waals surface area contributed by atoms with E-state index < -0.39 is 34.7 Å². The van der Waals surface area contributed by atoms with Crippen LogP contribution in [-0.2, 0) is 19.1 Å². The van der Waals surface area contributed by atoms with Gasteiger partial charge < -0.3 is 20.5 Å². The molecular formula is C12H18N2O5S. The predicted molar refractivity (Wildman–Crippen MR) is 71.8 cm³/mol. The Kier molecular flexibility index (Phi) is 3.72. The van der Waals surface area contributed by atoms with Gasteiger partial charge in [0.25, 0.3) is 0 Å². The van der Waals surface area contributed by atoms with Crippen molar-refractivity contribution in [3.63, 3.8) is 0 Å². The lowest BCUT2D eigenvalue weighted by molar-refractivity contribution is -0.168. The maximum atomic E-state index is 12.2. The van der Waals surface area contributed by atoms with Gasteiger partial charge in [0.1, 0.15) is 12.1 Å². The van der Waals surface area contributed by atoms with Crippen molar-refractivity contribution in [2.45, 2.75) is 43.0 Å². The minimum absolute atomic E-state index is 0.193. The molecule has 0 aromatic rings. The molecule has 0 aromatic heterocycles. The average Bonchev–Trinajstić information content (AvgIpc) is 2.58. The highest BCUT2D eigenvalue weighted by molar-refractivity contribution is 8.01. The number of hydrogen-bond acceptors (Lipinski definition) is 6. The van der Waals surface area contributed by atoms with E-state index in [1.807, 2.05) is 0 Å². The van der Waals surface area contributed by atoms with Crippen LogP contribution in [0.2, 0.25) is 0 Å². The van der Waals surface area contributed by atoms with Crippen molar-refractivity contribution in [2.75, 3.05) is 6.61 Å². The van der Waals surface area contributed by atoms with E-state index in [4.69, 9.17) is 10.5 Å². The highest BCUT2D eigenvalue weighted by atomic mass is 32.2. The summed E-state index contributed by atoms with van der Waals surface area (Å²) in [7, 11) is 0. The molecule has 3 N–H and O–H groups in total. The van der Waals surface area contributed by atoms with E-state index in [0.29, 0.717) is 0 Å². The Labute approximate surface area is 120 Å². The number of carboxylic acid groups (broad SMARTS) is 1. The van der Waals surface area contributed by atoms with E-state index in [1.165, 1.54) is 16.7 Å². The Hall–Kier alpha value is -1.28. The number of carboxylic acids is 1. The van der Waals surface area contributed by atoms with Gasteiger partial charge in [0.2, 0.25) is 5.91 Å². The molecule has 20 heavy (non-hydrogen) atoms. The first-order valence-electron chi connectivity index (χ1n) is 6.37. The molecule has 2 heterocycles. The minimum Gasteiger partial charge on any atom is -0.480 e. The number of ether oxygens (including phenoxy) is 1. The molecule has 2 aliphatic heterocycles. The highest BCUT2D eigenvalue weighted by Gasteiger charge is 2.65. The normalized spacial score (nSPS) is 32.3. The lowest BCUT2D eigenvalue weighted by atomic mass is 9.87. The summed E-state index contributed by atoms with van der Waals surface area (Å²) in [5.41, 5.74) is 5.78. The second-order valence-corrected chi connectivity index (χ2v) is 7.17. The van der Waals surface area contributed by atoms with Gasteiger partial charge in [-0.15, -0.1) is 11.8 Å². The van der Waals surface area contributed by atoms with E-state index >= 15 is 0 Å². The third kappa shape index (κ3) is 2.07. The Bertz CT molecular complexity index is 467. The van der Waals surface area contributed by atoms with Crippen LogP contribution < -0.4 is 5.73 Å². The van der Waals surface area contributed by atoms with E-state index in [9.17, 15) is 19.5 Å². The average molecular weight is 302 g/mol. The Morgan fingerprint density at radius 1 is 1.55 bits per heavy atom. The smallest absolute Gasteiger partial charge is 0.327 e. The maximum absolute atomic E-state index is 12.2. The zero-order chi connectivity index (χ0) is 15.2. The molecule has 0 radical (unpaired) electrons. The number of nitrogens with zero attached hydrogens (tertiary/aromatic N) is 1. The molecule has 0 bridgehead atoms. The monoisotopic (exact) mass is 302 g/mol. The summed E-state index contributed by atoms with van der Waals surface area (Å²) in [6, 6.07) is -1.94. The molecule has 0 aliphatic carbocycles. The molecule has 112 valence electrons. The molecule has 0 saturated carbocycles. The Morgan fingerprint density at radius 3 is 2.65 bits per heavy atom. The zero-order valence-electron chi connectivity index (χ0n) is 11.5. The summed E-state index contributed by atoms with van der Waals surface area (Å²) in [4.78, 5) is 36.5. The fourth-order valence-corrected chi connectivity index (χ4v) is 4.49. The molecular weight excluding hydrogens is 284 g/mol. The van der Waals surface area contributed by atoms with Gasteiger partial charge in [-0.1, -0.05) is 0 Å². The predicted octanol–water partition coefficient (Wildman–Crippen LogP) is -0.360. The number of fused-ring (bicyclic) bond motifs is 1. The van der Waals surface area contributed by atoms with E-state index in [1.54, 1.807) is 20.8 Å². The van der Waals surface area contributed by atoms with Crippen molar-refractivity contribution < 1.29 is 24.2 Å². The SMILES string of the molecule is CCOC(=O)C(N)[C@@H]1C(=O)N2[C@@H]1SC(C)(C)[C@@H]2C(=O)O. The molecule has 2 fully saturated rings. The Morgan fingerprint density at radius 2 is 2.15 bits per heavy atom. The number of thioether (sulfide) groups is 1. The summed E-state index contributed by atoms with van der Waals surface area (Å²) in [6.45, 7) is 5.40. The van der Waals surface area contributed by atoms with Crippen LogP contribution in [0.5, 0.6) is 0 Å². The first-order chi connectivity index (χ1) is 9.22. The van der Waals surface area contributed by atoms with Crippen LogP contribution in [0.3, 0.4) is 0 Å². The van der Waals surface area contributed by atoms with E-state index in [-0.39, 0.29) is 17.9 Å². The zero-order valence-corrected chi connectivity index (χ0v) is 12.3. The fraction of sp³-hybridized carbons (Fsp3) is 0.750. The molecule has 1 unspecified atom stereocenters. The van der Waals surface area contributed by atoms with Crippen molar-refractivity contribution in [1.82, 2.24) is 4.90 Å². The standard InChI is InChI=1S/C12H18N2O5S/c1-4-19-11(18)6(13)5-8(15)14-7(10(16)17)12(2,3)20-9(5)14/h5-7,9H,4,13H2,1-3H3,(H,16,17)/t5-,6?,7+,9-/m1/s1. The first-order valence-corrected chi connectivity index (χ1v) is 7.25. The number of nitrogens with two attached hydrogens (primary N) is 1. The molecule has 4 atom stereocenters. The number of amides is 1. The minimum atomic E-state index is -1.04. The lowest BCUT2D eigenvalue weighted by Gasteiger charge is -2.45. The fourth-order valence-electron chi connectivity index (χ4n) is 2.76. The van der Waals surface area contributed by atoms with Gasteiger partial charge in [-0.2, -0.15) is 0 Å². The van der Waals surface area contributed by atoms with Gasteiger partial charge in [0.15, 0.2) is 0 Å². The highest BCUT2D eigenvalue weighted by Crippen LogP contribution is 2.53. The van der Waals surface area contributed by atoms with Crippen molar-refractivity contribution in [2.24, 2.45) is 11.7 Å². The summed E-state index contributed by atoms with van der Waals surface area (Å²) >= 11 is 1.37. The van der Waals surface area contributed by atoms with Crippen LogP contribution in [0, 0.1) is 5.92 Å².